The fourth-order valence-corrected chi connectivity index (χ4v) is 4.33. The van der Waals surface area contributed by atoms with E-state index in [1.54, 1.807) is 19.1 Å². The van der Waals surface area contributed by atoms with Gasteiger partial charge in [-0.15, -0.1) is 0 Å². The van der Waals surface area contributed by atoms with Crippen LogP contribution in [0.25, 0.3) is 0 Å². The van der Waals surface area contributed by atoms with Crippen LogP contribution in [0.15, 0.2) is 42.5 Å². The maximum atomic E-state index is 12.2. The van der Waals surface area contributed by atoms with Crippen molar-refractivity contribution in [3.05, 3.63) is 59.2 Å². The number of rotatable bonds is 6. The number of esters is 1. The lowest BCUT2D eigenvalue weighted by atomic mass is 9.72. The molecule has 1 aliphatic heterocycles. The van der Waals surface area contributed by atoms with E-state index in [9.17, 15) is 13.2 Å². The van der Waals surface area contributed by atoms with Crippen LogP contribution in [0.2, 0.25) is 0 Å². The van der Waals surface area contributed by atoms with Crippen molar-refractivity contribution in [2.45, 2.75) is 33.2 Å². The Kier molecular flexibility index (Phi) is 6.10. The minimum absolute atomic E-state index is 0.0257. The summed E-state index contributed by atoms with van der Waals surface area (Å²) in [5.41, 5.74) is 3.91. The van der Waals surface area contributed by atoms with Gasteiger partial charge >= 0.3 is 16.2 Å². The Morgan fingerprint density at radius 3 is 2.63 bits per heavy atom. The van der Waals surface area contributed by atoms with Gasteiger partial charge in [0.2, 0.25) is 0 Å². The van der Waals surface area contributed by atoms with Crippen molar-refractivity contribution in [2.24, 2.45) is 5.41 Å². The van der Waals surface area contributed by atoms with Gasteiger partial charge in [-0.25, -0.2) is 4.79 Å². The fourth-order valence-electron chi connectivity index (χ4n) is 3.72. The number of nitrogens with zero attached hydrogens (tertiary/aromatic N) is 1. The van der Waals surface area contributed by atoms with Gasteiger partial charge in [-0.2, -0.15) is 12.7 Å². The summed E-state index contributed by atoms with van der Waals surface area (Å²) >= 11 is 0. The molecule has 2 aromatic rings. The summed E-state index contributed by atoms with van der Waals surface area (Å²) in [4.78, 5) is 12.1. The quantitative estimate of drug-likeness (QED) is 0.679. The Morgan fingerprint density at radius 2 is 1.97 bits per heavy atom. The summed E-state index contributed by atoms with van der Waals surface area (Å²) in [6.45, 7) is 6.44. The molecule has 1 heterocycles. The molecule has 0 spiro atoms. The molecular weight excluding hydrogens is 402 g/mol. The standard InChI is InChI=1S/C22H29N3O4S/c1-6-29-21(26)16-10-11-19-17(12-16)14-22(2,3)20(23-19)15-8-7-9-18(13-15)24-30(27,28)25(4)5/h7-13,20,23-24H,6,14H2,1-5H3. The van der Waals surface area contributed by atoms with Gasteiger partial charge in [-0.3, -0.25) is 4.72 Å². The highest BCUT2D eigenvalue weighted by molar-refractivity contribution is 7.90. The third-order valence-corrected chi connectivity index (χ3v) is 6.75. The number of hydrogen-bond acceptors (Lipinski definition) is 5. The predicted molar refractivity (Wildman–Crippen MR) is 119 cm³/mol. The second-order valence-electron chi connectivity index (χ2n) is 8.35. The Labute approximate surface area is 178 Å². The molecule has 0 fully saturated rings. The number of anilines is 2. The van der Waals surface area contributed by atoms with E-state index in [2.05, 4.69) is 23.9 Å². The van der Waals surface area contributed by atoms with Gasteiger partial charge in [0.1, 0.15) is 0 Å². The van der Waals surface area contributed by atoms with Crippen molar-refractivity contribution >= 4 is 27.6 Å². The summed E-state index contributed by atoms with van der Waals surface area (Å²) in [7, 11) is -0.604. The topological polar surface area (TPSA) is 87.7 Å². The van der Waals surface area contributed by atoms with Crippen molar-refractivity contribution < 1.29 is 17.9 Å². The summed E-state index contributed by atoms with van der Waals surface area (Å²) in [6.07, 6.45) is 0.765. The van der Waals surface area contributed by atoms with Gasteiger partial charge in [0.15, 0.2) is 0 Å². The van der Waals surface area contributed by atoms with Crippen molar-refractivity contribution in [3.8, 4) is 0 Å². The molecule has 0 aliphatic carbocycles. The zero-order valence-electron chi connectivity index (χ0n) is 18.0. The maximum absolute atomic E-state index is 12.2. The molecule has 1 aliphatic rings. The van der Waals surface area contributed by atoms with Crippen LogP contribution in [0.3, 0.4) is 0 Å². The second-order valence-corrected chi connectivity index (χ2v) is 10.2. The van der Waals surface area contributed by atoms with Crippen molar-refractivity contribution in [2.75, 3.05) is 30.7 Å². The monoisotopic (exact) mass is 431 g/mol. The van der Waals surface area contributed by atoms with Crippen LogP contribution >= 0.6 is 0 Å². The first-order chi connectivity index (χ1) is 14.0. The van der Waals surface area contributed by atoms with Gasteiger partial charge < -0.3 is 10.1 Å². The zero-order valence-corrected chi connectivity index (χ0v) is 18.8. The van der Waals surface area contributed by atoms with Crippen LogP contribution in [0.1, 0.15) is 48.3 Å². The summed E-state index contributed by atoms with van der Waals surface area (Å²) < 4.78 is 33.2. The predicted octanol–water partition coefficient (Wildman–Crippen LogP) is 3.82. The first kappa shape index (κ1) is 22.1. The molecule has 162 valence electrons. The highest BCUT2D eigenvalue weighted by Gasteiger charge is 2.36. The molecule has 2 N–H and O–H groups in total. The SMILES string of the molecule is CCOC(=O)c1ccc2c(c1)CC(C)(C)C(c1cccc(NS(=O)(=O)N(C)C)c1)N2. The van der Waals surface area contributed by atoms with Gasteiger partial charge in [0.25, 0.3) is 0 Å². The van der Waals surface area contributed by atoms with E-state index in [1.807, 2.05) is 30.3 Å². The fraction of sp³-hybridized carbons (Fsp3) is 0.409. The lowest BCUT2D eigenvalue weighted by Crippen LogP contribution is -2.35. The molecule has 1 atom stereocenters. The first-order valence-corrected chi connectivity index (χ1v) is 11.3. The highest BCUT2D eigenvalue weighted by atomic mass is 32.2. The van der Waals surface area contributed by atoms with E-state index >= 15 is 0 Å². The van der Waals surface area contributed by atoms with Crippen LogP contribution in [-0.2, 0) is 21.4 Å². The Bertz CT molecular complexity index is 1050. The van der Waals surface area contributed by atoms with Crippen molar-refractivity contribution in [3.63, 3.8) is 0 Å². The van der Waals surface area contributed by atoms with Crippen LogP contribution in [0.4, 0.5) is 11.4 Å². The van der Waals surface area contributed by atoms with E-state index in [4.69, 9.17) is 4.74 Å². The van der Waals surface area contributed by atoms with Gasteiger partial charge in [-0.1, -0.05) is 26.0 Å². The van der Waals surface area contributed by atoms with Crippen molar-refractivity contribution in [1.29, 1.82) is 0 Å². The minimum Gasteiger partial charge on any atom is -0.462 e. The molecule has 1 unspecified atom stereocenters. The minimum atomic E-state index is -3.57. The van der Waals surface area contributed by atoms with E-state index < -0.39 is 10.2 Å². The largest absolute Gasteiger partial charge is 0.462 e. The lowest BCUT2D eigenvalue weighted by Gasteiger charge is -2.41. The molecule has 0 bridgehead atoms. The molecule has 0 amide bonds. The molecule has 0 radical (unpaired) electrons. The van der Waals surface area contributed by atoms with Crippen LogP contribution in [0, 0.1) is 5.41 Å². The van der Waals surface area contributed by atoms with E-state index in [1.165, 1.54) is 14.1 Å². The Morgan fingerprint density at radius 1 is 1.23 bits per heavy atom. The zero-order chi connectivity index (χ0) is 22.1. The van der Waals surface area contributed by atoms with Crippen molar-refractivity contribution in [1.82, 2.24) is 4.31 Å². The smallest absolute Gasteiger partial charge is 0.338 e. The number of nitrogens with one attached hydrogen (secondary N) is 2. The van der Waals surface area contributed by atoms with Crippen LogP contribution in [-0.4, -0.2) is 39.4 Å². The van der Waals surface area contributed by atoms with E-state index in [0.29, 0.717) is 17.9 Å². The maximum Gasteiger partial charge on any atom is 0.338 e. The summed E-state index contributed by atoms with van der Waals surface area (Å²) in [5.74, 6) is -0.318. The average Bonchev–Trinajstić information content (AvgIpc) is 2.66. The average molecular weight is 432 g/mol. The number of fused-ring (bicyclic) bond motifs is 1. The second kappa shape index (κ2) is 8.28. The van der Waals surface area contributed by atoms with E-state index in [-0.39, 0.29) is 17.4 Å². The summed E-state index contributed by atoms with van der Waals surface area (Å²) in [5, 5.41) is 3.57. The van der Waals surface area contributed by atoms with Crippen LogP contribution < -0.4 is 10.0 Å². The molecule has 0 aromatic heterocycles. The first-order valence-electron chi connectivity index (χ1n) is 9.90. The molecule has 2 aromatic carbocycles. The lowest BCUT2D eigenvalue weighted by molar-refractivity contribution is 0.0526. The number of benzene rings is 2. The Hall–Kier alpha value is -2.58. The molecular formula is C22H29N3O4S. The molecule has 8 heteroatoms. The third-order valence-electron chi connectivity index (χ3n) is 5.29. The van der Waals surface area contributed by atoms with Gasteiger partial charge in [0.05, 0.1) is 23.9 Å². The molecule has 7 nitrogen and oxygen atoms in total. The molecule has 30 heavy (non-hydrogen) atoms. The molecule has 0 saturated heterocycles. The number of hydrogen-bond donors (Lipinski definition) is 2. The number of carbonyl (C=O) groups excluding carboxylic acids is 1. The van der Waals surface area contributed by atoms with Crippen LogP contribution in [0.5, 0.6) is 0 Å². The third kappa shape index (κ3) is 4.60. The molecule has 0 saturated carbocycles. The number of ether oxygens (including phenoxy) is 1. The highest BCUT2D eigenvalue weighted by Crippen LogP contribution is 2.45. The Balaban J connectivity index is 1.90. The number of carbonyl (C=O) groups is 1. The van der Waals surface area contributed by atoms with E-state index in [0.717, 1.165) is 27.5 Å². The van der Waals surface area contributed by atoms with Gasteiger partial charge in [0, 0.05) is 19.8 Å². The molecule has 3 rings (SSSR count). The van der Waals surface area contributed by atoms with Gasteiger partial charge in [-0.05, 0) is 60.2 Å². The normalized spacial score (nSPS) is 17.7. The summed E-state index contributed by atoms with van der Waals surface area (Å²) in [6, 6.07) is 13.0.